The van der Waals surface area contributed by atoms with Crippen LogP contribution in [0.2, 0.25) is 0 Å². The minimum Gasteiger partial charge on any atom is -0.454 e. The molecule has 0 amide bonds. The summed E-state index contributed by atoms with van der Waals surface area (Å²) in [6.07, 6.45) is 1.35. The zero-order chi connectivity index (χ0) is 14.2. The molecule has 0 unspecified atom stereocenters. The van der Waals surface area contributed by atoms with Crippen LogP contribution in [0, 0.1) is 0 Å². The van der Waals surface area contributed by atoms with E-state index in [0.29, 0.717) is 6.42 Å². The minimum absolute atomic E-state index is 0.225. The smallest absolute Gasteiger partial charge is 0.239 e. The third-order valence-corrected chi connectivity index (χ3v) is 5.19. The molecule has 2 N–H and O–H groups in total. The Morgan fingerprint density at radius 2 is 1.95 bits per heavy atom. The number of sulfonamides is 1. The van der Waals surface area contributed by atoms with Gasteiger partial charge in [-0.05, 0) is 42.0 Å². The Bertz CT molecular complexity index is 737. The highest BCUT2D eigenvalue weighted by Gasteiger charge is 2.16. The van der Waals surface area contributed by atoms with Crippen LogP contribution in [0.15, 0.2) is 34.5 Å². The van der Waals surface area contributed by atoms with Gasteiger partial charge in [0.25, 0.3) is 0 Å². The highest BCUT2D eigenvalue weighted by atomic mass is 32.2. The minimum atomic E-state index is -3.64. The molecule has 1 aromatic carbocycles. The van der Waals surface area contributed by atoms with Gasteiger partial charge >= 0.3 is 0 Å². The maximum absolute atomic E-state index is 11.4. The summed E-state index contributed by atoms with van der Waals surface area (Å²) in [5.41, 5.74) is 1.07. The van der Waals surface area contributed by atoms with Crippen molar-refractivity contribution >= 4 is 21.4 Å². The average Bonchev–Trinajstić information content (AvgIpc) is 3.03. The Labute approximate surface area is 121 Å². The molecule has 20 heavy (non-hydrogen) atoms. The number of aryl methyl sites for hydroxylation is 2. The molecule has 0 saturated heterocycles. The molecular weight excluding hydrogens is 298 g/mol. The van der Waals surface area contributed by atoms with Crippen molar-refractivity contribution in [3.8, 4) is 11.5 Å². The monoisotopic (exact) mass is 311 g/mol. The number of primary sulfonamides is 1. The number of hydrogen-bond donors (Lipinski definition) is 1. The van der Waals surface area contributed by atoms with E-state index in [0.717, 1.165) is 28.4 Å². The van der Waals surface area contributed by atoms with Crippen molar-refractivity contribution in [2.45, 2.75) is 17.7 Å². The summed E-state index contributed by atoms with van der Waals surface area (Å²) in [6.45, 7) is 0.249. The van der Waals surface area contributed by atoms with E-state index >= 15 is 0 Å². The van der Waals surface area contributed by atoms with Crippen LogP contribution in [0.3, 0.4) is 0 Å². The molecule has 0 aliphatic carbocycles. The molecule has 2 heterocycles. The van der Waals surface area contributed by atoms with Crippen LogP contribution >= 0.6 is 11.3 Å². The molecule has 0 fully saturated rings. The lowest BCUT2D eigenvalue weighted by Gasteiger charge is -2.04. The molecule has 106 valence electrons. The van der Waals surface area contributed by atoms with E-state index in [2.05, 4.69) is 0 Å². The highest BCUT2D eigenvalue weighted by molar-refractivity contribution is 7.89. The van der Waals surface area contributed by atoms with Crippen LogP contribution in [0.4, 0.5) is 0 Å². The summed E-state index contributed by atoms with van der Waals surface area (Å²) in [4.78, 5) is 1.01. The Morgan fingerprint density at radius 1 is 1.15 bits per heavy atom. The molecule has 0 saturated carbocycles. The fraction of sp³-hybridized carbons (Fsp3) is 0.231. The molecule has 1 aliphatic rings. The summed E-state index contributed by atoms with van der Waals surface area (Å²) in [6, 6.07) is 7.30. The Morgan fingerprint density at radius 3 is 2.75 bits per heavy atom. The topological polar surface area (TPSA) is 78.6 Å². The third-order valence-electron chi connectivity index (χ3n) is 3.09. The van der Waals surface area contributed by atoms with Crippen LogP contribution in [0.5, 0.6) is 11.5 Å². The first-order valence-electron chi connectivity index (χ1n) is 6.02. The van der Waals surface area contributed by atoms with E-state index < -0.39 is 10.0 Å². The van der Waals surface area contributed by atoms with Gasteiger partial charge in [0.15, 0.2) is 11.5 Å². The number of fused-ring (bicyclic) bond motifs is 1. The second kappa shape index (κ2) is 5.08. The number of hydrogen-bond acceptors (Lipinski definition) is 5. The number of nitrogens with two attached hydrogens (primary N) is 1. The van der Waals surface area contributed by atoms with Gasteiger partial charge in [0, 0.05) is 4.88 Å². The Balaban J connectivity index is 1.76. The standard InChI is InChI=1S/C13H13NO4S2/c14-20(15,16)13-5-6-19-12(13)4-2-9-1-3-10-11(7-9)18-8-17-10/h1,3,5-7H,2,4,8H2,(H2,14,15,16). The van der Waals surface area contributed by atoms with Crippen molar-refractivity contribution in [3.63, 3.8) is 0 Å². The first-order chi connectivity index (χ1) is 9.54. The summed E-state index contributed by atoms with van der Waals surface area (Å²) in [5, 5.41) is 6.93. The summed E-state index contributed by atoms with van der Waals surface area (Å²) < 4.78 is 33.4. The van der Waals surface area contributed by atoms with Crippen LogP contribution in [0.25, 0.3) is 0 Å². The van der Waals surface area contributed by atoms with Gasteiger partial charge in [0.1, 0.15) is 0 Å². The lowest BCUT2D eigenvalue weighted by Crippen LogP contribution is -2.13. The maximum atomic E-state index is 11.4. The number of benzene rings is 1. The average molecular weight is 311 g/mol. The molecule has 0 spiro atoms. The molecule has 0 radical (unpaired) electrons. The van der Waals surface area contributed by atoms with Crippen molar-refractivity contribution in [2.24, 2.45) is 5.14 Å². The van der Waals surface area contributed by atoms with E-state index in [9.17, 15) is 8.42 Å². The molecule has 2 aromatic rings. The van der Waals surface area contributed by atoms with E-state index in [1.807, 2.05) is 18.2 Å². The van der Waals surface area contributed by atoms with Crippen molar-refractivity contribution in [1.82, 2.24) is 0 Å². The predicted octanol–water partition coefficient (Wildman–Crippen LogP) is 1.91. The van der Waals surface area contributed by atoms with Crippen LogP contribution in [0.1, 0.15) is 10.4 Å². The predicted molar refractivity (Wildman–Crippen MR) is 75.7 cm³/mol. The van der Waals surface area contributed by atoms with Gasteiger partial charge in [-0.1, -0.05) is 6.07 Å². The second-order valence-electron chi connectivity index (χ2n) is 4.44. The number of rotatable bonds is 4. The van der Waals surface area contributed by atoms with Gasteiger partial charge in [0.05, 0.1) is 4.90 Å². The molecular formula is C13H13NO4S2. The molecule has 7 heteroatoms. The fourth-order valence-electron chi connectivity index (χ4n) is 2.12. The van der Waals surface area contributed by atoms with Gasteiger partial charge < -0.3 is 9.47 Å². The Kier molecular flexibility index (Phi) is 3.41. The van der Waals surface area contributed by atoms with E-state index in [1.54, 1.807) is 11.4 Å². The van der Waals surface area contributed by atoms with Gasteiger partial charge in [-0.3, -0.25) is 0 Å². The normalized spacial score (nSPS) is 13.7. The van der Waals surface area contributed by atoms with Gasteiger partial charge in [-0.2, -0.15) is 0 Å². The number of ether oxygens (including phenoxy) is 2. The molecule has 1 aromatic heterocycles. The first-order valence-corrected chi connectivity index (χ1v) is 8.44. The quantitative estimate of drug-likeness (QED) is 0.935. The van der Waals surface area contributed by atoms with E-state index in [4.69, 9.17) is 14.6 Å². The zero-order valence-corrected chi connectivity index (χ0v) is 12.2. The van der Waals surface area contributed by atoms with Crippen molar-refractivity contribution in [3.05, 3.63) is 40.1 Å². The zero-order valence-electron chi connectivity index (χ0n) is 10.5. The Hall–Kier alpha value is -1.57. The van der Waals surface area contributed by atoms with Gasteiger partial charge in [-0.15, -0.1) is 11.3 Å². The maximum Gasteiger partial charge on any atom is 0.239 e. The highest BCUT2D eigenvalue weighted by Crippen LogP contribution is 2.33. The van der Waals surface area contributed by atoms with Crippen LogP contribution in [-0.4, -0.2) is 15.2 Å². The third kappa shape index (κ3) is 2.65. The van der Waals surface area contributed by atoms with Crippen LogP contribution < -0.4 is 14.6 Å². The van der Waals surface area contributed by atoms with E-state index in [-0.39, 0.29) is 11.7 Å². The van der Waals surface area contributed by atoms with Crippen molar-refractivity contribution in [2.75, 3.05) is 6.79 Å². The van der Waals surface area contributed by atoms with E-state index in [1.165, 1.54) is 11.3 Å². The van der Waals surface area contributed by atoms with Crippen molar-refractivity contribution in [1.29, 1.82) is 0 Å². The van der Waals surface area contributed by atoms with Gasteiger partial charge in [-0.25, -0.2) is 13.6 Å². The lowest BCUT2D eigenvalue weighted by atomic mass is 10.1. The second-order valence-corrected chi connectivity index (χ2v) is 6.97. The summed E-state index contributed by atoms with van der Waals surface area (Å²) >= 11 is 1.41. The fourth-order valence-corrected chi connectivity index (χ4v) is 4.15. The van der Waals surface area contributed by atoms with Crippen LogP contribution in [-0.2, 0) is 22.9 Å². The van der Waals surface area contributed by atoms with Gasteiger partial charge in [0.2, 0.25) is 16.8 Å². The SMILES string of the molecule is NS(=O)(=O)c1ccsc1CCc1ccc2c(c1)OCO2. The molecule has 0 bridgehead atoms. The first kappa shape index (κ1) is 13.4. The summed E-state index contributed by atoms with van der Waals surface area (Å²) in [5.74, 6) is 1.48. The lowest BCUT2D eigenvalue weighted by molar-refractivity contribution is 0.174. The molecule has 0 atom stereocenters. The molecule has 1 aliphatic heterocycles. The van der Waals surface area contributed by atoms with Crippen molar-refractivity contribution < 1.29 is 17.9 Å². The molecule has 3 rings (SSSR count). The molecule has 5 nitrogen and oxygen atoms in total. The number of thiophene rings is 1. The summed E-state index contributed by atoms with van der Waals surface area (Å²) in [7, 11) is -3.64. The largest absolute Gasteiger partial charge is 0.454 e.